The van der Waals surface area contributed by atoms with Gasteiger partial charge in [0.25, 0.3) is 0 Å². The Bertz CT molecular complexity index is 605. The van der Waals surface area contributed by atoms with E-state index >= 15 is 0 Å². The number of ether oxygens (including phenoxy) is 3. The third kappa shape index (κ3) is 8.68. The van der Waals surface area contributed by atoms with Crippen LogP contribution in [0.25, 0.3) is 0 Å². The molecule has 1 aromatic carbocycles. The lowest BCUT2D eigenvalue weighted by Crippen LogP contribution is -2.38. The summed E-state index contributed by atoms with van der Waals surface area (Å²) in [7, 11) is 0. The van der Waals surface area contributed by atoms with Crippen molar-refractivity contribution in [2.45, 2.75) is 64.2 Å². The molecule has 7 heteroatoms. The third-order valence-electron chi connectivity index (χ3n) is 5.16. The Balaban J connectivity index is 0.00000300. The van der Waals surface area contributed by atoms with Crippen molar-refractivity contribution >= 4 is 29.9 Å². The second-order valence-corrected chi connectivity index (χ2v) is 7.46. The first-order valence-corrected chi connectivity index (χ1v) is 10.8. The monoisotopic (exact) mass is 517 g/mol. The van der Waals surface area contributed by atoms with E-state index in [1.807, 2.05) is 12.1 Å². The molecule has 1 saturated carbocycles. The van der Waals surface area contributed by atoms with Gasteiger partial charge in [-0.05, 0) is 51.5 Å². The van der Waals surface area contributed by atoms with Crippen LogP contribution < -0.4 is 15.4 Å². The maximum Gasteiger partial charge on any atom is 0.191 e. The molecule has 1 aliphatic heterocycles. The first-order chi connectivity index (χ1) is 13.8. The number of nitrogens with one attached hydrogen (secondary N) is 2. The summed E-state index contributed by atoms with van der Waals surface area (Å²) >= 11 is 0. The summed E-state index contributed by atoms with van der Waals surface area (Å²) in [4.78, 5) is 4.73. The van der Waals surface area contributed by atoms with Crippen LogP contribution in [-0.4, -0.2) is 51.1 Å². The predicted molar refractivity (Wildman–Crippen MR) is 127 cm³/mol. The van der Waals surface area contributed by atoms with Gasteiger partial charge in [-0.2, -0.15) is 0 Å². The molecule has 0 radical (unpaired) electrons. The number of para-hydroxylation sites is 1. The van der Waals surface area contributed by atoms with Gasteiger partial charge in [-0.15, -0.1) is 24.0 Å². The summed E-state index contributed by atoms with van der Waals surface area (Å²) in [6, 6.07) is 8.22. The predicted octanol–water partition coefficient (Wildman–Crippen LogP) is 3.88. The highest BCUT2D eigenvalue weighted by molar-refractivity contribution is 14.0. The minimum atomic E-state index is 0. The molecule has 1 atom stereocenters. The number of hydrogen-bond donors (Lipinski definition) is 2. The number of hydrogen-bond acceptors (Lipinski definition) is 4. The van der Waals surface area contributed by atoms with Gasteiger partial charge in [0.2, 0.25) is 0 Å². The van der Waals surface area contributed by atoms with Crippen LogP contribution in [0.3, 0.4) is 0 Å². The summed E-state index contributed by atoms with van der Waals surface area (Å²) < 4.78 is 17.4. The minimum Gasteiger partial charge on any atom is -0.490 e. The molecule has 29 heavy (non-hydrogen) atoms. The van der Waals surface area contributed by atoms with Crippen molar-refractivity contribution in [3.63, 3.8) is 0 Å². The molecule has 1 aromatic rings. The molecule has 1 unspecified atom stereocenters. The molecule has 0 aromatic heterocycles. The summed E-state index contributed by atoms with van der Waals surface area (Å²) in [5, 5.41) is 6.70. The van der Waals surface area contributed by atoms with Crippen LogP contribution in [0.15, 0.2) is 29.3 Å². The van der Waals surface area contributed by atoms with E-state index < -0.39 is 0 Å². The molecule has 1 heterocycles. The SMILES string of the molecule is CCNC(=NCc1ccccc1OC1CCC1)NCCCOCC1CCCO1.I. The third-order valence-corrected chi connectivity index (χ3v) is 5.16. The van der Waals surface area contributed by atoms with Crippen molar-refractivity contribution in [2.75, 3.05) is 32.9 Å². The molecule has 1 saturated heterocycles. The van der Waals surface area contributed by atoms with E-state index in [1.54, 1.807) is 0 Å². The molecular formula is C22H36IN3O3. The van der Waals surface area contributed by atoms with Gasteiger partial charge in [-0.25, -0.2) is 4.99 Å². The first-order valence-electron chi connectivity index (χ1n) is 10.8. The van der Waals surface area contributed by atoms with Crippen LogP contribution in [0.2, 0.25) is 0 Å². The molecule has 1 aliphatic carbocycles. The summed E-state index contributed by atoms with van der Waals surface area (Å²) in [5.41, 5.74) is 1.13. The minimum absolute atomic E-state index is 0. The van der Waals surface area contributed by atoms with Gasteiger partial charge in [0.05, 0.1) is 25.4 Å². The molecule has 164 valence electrons. The molecule has 6 nitrogen and oxygen atoms in total. The lowest BCUT2D eigenvalue weighted by Gasteiger charge is -2.27. The number of benzene rings is 1. The van der Waals surface area contributed by atoms with Crippen LogP contribution in [0, 0.1) is 0 Å². The van der Waals surface area contributed by atoms with Crippen molar-refractivity contribution in [3.8, 4) is 5.75 Å². The lowest BCUT2D eigenvalue weighted by atomic mass is 9.96. The van der Waals surface area contributed by atoms with E-state index in [0.29, 0.717) is 25.4 Å². The number of halogens is 1. The second kappa shape index (κ2) is 14.0. The molecule has 2 N–H and O–H groups in total. The summed E-state index contributed by atoms with van der Waals surface area (Å²) in [5.74, 6) is 1.80. The highest BCUT2D eigenvalue weighted by atomic mass is 127. The highest BCUT2D eigenvalue weighted by Crippen LogP contribution is 2.27. The van der Waals surface area contributed by atoms with Gasteiger partial charge in [-0.1, -0.05) is 18.2 Å². The van der Waals surface area contributed by atoms with Crippen LogP contribution in [0.5, 0.6) is 5.75 Å². The molecule has 0 bridgehead atoms. The Hall–Kier alpha value is -1.06. The maximum atomic E-state index is 6.10. The van der Waals surface area contributed by atoms with Crippen molar-refractivity contribution < 1.29 is 14.2 Å². The Labute approximate surface area is 192 Å². The van der Waals surface area contributed by atoms with Crippen molar-refractivity contribution in [1.29, 1.82) is 0 Å². The van der Waals surface area contributed by atoms with E-state index in [2.05, 4.69) is 29.7 Å². The second-order valence-electron chi connectivity index (χ2n) is 7.46. The Morgan fingerprint density at radius 2 is 2.03 bits per heavy atom. The van der Waals surface area contributed by atoms with Gasteiger partial charge in [0.15, 0.2) is 5.96 Å². The van der Waals surface area contributed by atoms with Gasteiger partial charge in [0, 0.05) is 31.9 Å². The average Bonchev–Trinajstić information content (AvgIpc) is 3.19. The maximum absolute atomic E-state index is 6.10. The summed E-state index contributed by atoms with van der Waals surface area (Å²) in [6.07, 6.45) is 7.51. The standard InChI is InChI=1S/C22H35N3O3.HI/c1-2-23-22(24-13-7-14-26-17-20-11-6-15-27-20)25-16-18-8-3-4-12-21(18)28-19-9-5-10-19;/h3-4,8,12,19-20H,2,5-7,9-11,13-17H2,1H3,(H2,23,24,25);1H. The summed E-state index contributed by atoms with van der Waals surface area (Å²) in [6.45, 7) is 6.69. The normalized spacial score (nSPS) is 19.3. The Morgan fingerprint density at radius 1 is 1.17 bits per heavy atom. The van der Waals surface area contributed by atoms with Crippen molar-refractivity contribution in [3.05, 3.63) is 29.8 Å². The van der Waals surface area contributed by atoms with Gasteiger partial charge >= 0.3 is 0 Å². The lowest BCUT2D eigenvalue weighted by molar-refractivity contribution is 0.0168. The molecular weight excluding hydrogens is 481 g/mol. The number of aliphatic imine (C=N–C) groups is 1. The van der Waals surface area contributed by atoms with E-state index in [4.69, 9.17) is 19.2 Å². The van der Waals surface area contributed by atoms with Crippen LogP contribution >= 0.6 is 24.0 Å². The number of nitrogens with zero attached hydrogens (tertiary/aromatic N) is 1. The van der Waals surface area contributed by atoms with Gasteiger partial charge in [-0.3, -0.25) is 0 Å². The zero-order valence-electron chi connectivity index (χ0n) is 17.5. The number of guanidine groups is 1. The van der Waals surface area contributed by atoms with E-state index in [-0.39, 0.29) is 24.0 Å². The van der Waals surface area contributed by atoms with E-state index in [1.165, 1.54) is 6.42 Å². The molecule has 2 aliphatic rings. The molecule has 0 spiro atoms. The van der Waals surface area contributed by atoms with Crippen LogP contribution in [0.1, 0.15) is 51.0 Å². The Kier molecular flexibility index (Phi) is 11.7. The zero-order chi connectivity index (χ0) is 19.4. The zero-order valence-corrected chi connectivity index (χ0v) is 19.9. The highest BCUT2D eigenvalue weighted by Gasteiger charge is 2.20. The topological polar surface area (TPSA) is 64.1 Å². The van der Waals surface area contributed by atoms with E-state index in [9.17, 15) is 0 Å². The van der Waals surface area contributed by atoms with Crippen LogP contribution in [-0.2, 0) is 16.0 Å². The van der Waals surface area contributed by atoms with Gasteiger partial charge in [0.1, 0.15) is 5.75 Å². The number of rotatable bonds is 11. The van der Waals surface area contributed by atoms with Crippen LogP contribution in [0.4, 0.5) is 0 Å². The Morgan fingerprint density at radius 3 is 2.76 bits per heavy atom. The fourth-order valence-corrected chi connectivity index (χ4v) is 3.30. The molecule has 3 rings (SSSR count). The quantitative estimate of drug-likeness (QED) is 0.202. The molecule has 0 amide bonds. The largest absolute Gasteiger partial charge is 0.490 e. The fraction of sp³-hybridized carbons (Fsp3) is 0.682. The fourth-order valence-electron chi connectivity index (χ4n) is 3.30. The smallest absolute Gasteiger partial charge is 0.191 e. The van der Waals surface area contributed by atoms with Gasteiger partial charge < -0.3 is 24.8 Å². The molecule has 2 fully saturated rings. The average molecular weight is 517 g/mol. The first kappa shape index (κ1) is 24.2. The van der Waals surface area contributed by atoms with Crippen molar-refractivity contribution in [2.24, 2.45) is 4.99 Å². The van der Waals surface area contributed by atoms with Crippen molar-refractivity contribution in [1.82, 2.24) is 10.6 Å². The van der Waals surface area contributed by atoms with E-state index in [0.717, 1.165) is 75.7 Å².